The topological polar surface area (TPSA) is 81.4 Å². The Morgan fingerprint density at radius 2 is 1.64 bits per heavy atom. The van der Waals surface area contributed by atoms with Gasteiger partial charge in [-0.05, 0) is 42.3 Å². The van der Waals surface area contributed by atoms with E-state index in [4.69, 9.17) is 56.3 Å². The molecule has 0 aliphatic heterocycles. The van der Waals surface area contributed by atoms with Gasteiger partial charge in [0.15, 0.2) is 0 Å². The maximum Gasteiger partial charge on any atom is 0.336 e. The Bertz CT molecular complexity index is 905. The zero-order valence-corrected chi connectivity index (χ0v) is 19.9. The summed E-state index contributed by atoms with van der Waals surface area (Å²) in [6.45, 7) is 0.991. The molecule has 2 atom stereocenters. The summed E-state index contributed by atoms with van der Waals surface area (Å²) in [5.74, 6) is 0. The lowest BCUT2D eigenvalue weighted by molar-refractivity contribution is 0.283. The van der Waals surface area contributed by atoms with Gasteiger partial charge in [0.25, 0.3) is 0 Å². The molecule has 2 rings (SSSR count). The number of hydrogen-bond donors (Lipinski definition) is 2. The molecule has 0 aliphatic rings. The van der Waals surface area contributed by atoms with Crippen molar-refractivity contribution in [2.45, 2.75) is 22.3 Å². The Morgan fingerprint density at radius 1 is 1.11 bits per heavy atom. The number of nitrogens with two attached hydrogens (primary N) is 1. The van der Waals surface area contributed by atoms with E-state index in [9.17, 15) is 8.42 Å². The zero-order chi connectivity index (χ0) is 21.2. The summed E-state index contributed by atoms with van der Waals surface area (Å²) in [7, 11) is -4.31. The first-order valence-electron chi connectivity index (χ1n) is 7.84. The van der Waals surface area contributed by atoms with Crippen LogP contribution in [-0.4, -0.2) is 18.8 Å². The van der Waals surface area contributed by atoms with E-state index in [0.717, 1.165) is 4.47 Å². The van der Waals surface area contributed by atoms with Crippen molar-refractivity contribution in [3.05, 3.63) is 69.2 Å². The molecule has 11 heteroatoms. The fourth-order valence-electron chi connectivity index (χ4n) is 2.54. The third-order valence-corrected chi connectivity index (χ3v) is 6.22. The van der Waals surface area contributed by atoms with Crippen LogP contribution in [0.3, 0.4) is 0 Å². The molecule has 2 aromatic carbocycles. The smallest absolute Gasteiger partial charge is 0.322 e. The molecular formula is C17H17BrCl4N2O3S. The van der Waals surface area contributed by atoms with Crippen LogP contribution in [0.1, 0.15) is 24.1 Å². The maximum absolute atomic E-state index is 12.5. The van der Waals surface area contributed by atoms with Crippen molar-refractivity contribution in [3.63, 3.8) is 0 Å². The van der Waals surface area contributed by atoms with Gasteiger partial charge >= 0.3 is 10.3 Å². The van der Waals surface area contributed by atoms with Crippen LogP contribution in [0.15, 0.2) is 53.0 Å². The van der Waals surface area contributed by atoms with Crippen LogP contribution in [0.2, 0.25) is 5.02 Å². The highest BCUT2D eigenvalue weighted by Gasteiger charge is 2.39. The number of rotatable bonds is 7. The zero-order valence-electron chi connectivity index (χ0n) is 14.5. The van der Waals surface area contributed by atoms with Gasteiger partial charge in [-0.2, -0.15) is 13.1 Å². The lowest BCUT2D eigenvalue weighted by Gasteiger charge is -2.36. The van der Waals surface area contributed by atoms with Gasteiger partial charge in [-0.1, -0.05) is 86.6 Å². The first-order valence-corrected chi connectivity index (χ1v) is 11.6. The fraction of sp³-hybridized carbons (Fsp3) is 0.294. The van der Waals surface area contributed by atoms with E-state index in [1.54, 1.807) is 55.5 Å². The lowest BCUT2D eigenvalue weighted by atomic mass is 9.82. The average Bonchev–Trinajstić information content (AvgIpc) is 2.60. The minimum atomic E-state index is -4.31. The molecule has 2 unspecified atom stereocenters. The molecule has 0 saturated carbocycles. The second kappa shape index (κ2) is 9.37. The van der Waals surface area contributed by atoms with Crippen molar-refractivity contribution < 1.29 is 12.6 Å². The van der Waals surface area contributed by atoms with Crippen LogP contribution in [0, 0.1) is 0 Å². The average molecular weight is 551 g/mol. The highest BCUT2D eigenvalue weighted by molar-refractivity contribution is 9.10. The summed E-state index contributed by atoms with van der Waals surface area (Å²) in [5.41, 5.74) is 6.47. The van der Waals surface area contributed by atoms with Crippen LogP contribution in [0.4, 0.5) is 0 Å². The predicted octanol–water partition coefficient (Wildman–Crippen LogP) is 5.24. The van der Waals surface area contributed by atoms with Crippen molar-refractivity contribution in [2.75, 3.05) is 6.61 Å². The van der Waals surface area contributed by atoms with Crippen molar-refractivity contribution >= 4 is 72.6 Å². The highest BCUT2D eigenvalue weighted by atomic mass is 79.9. The Kier molecular flexibility index (Phi) is 8.09. The van der Waals surface area contributed by atoms with Gasteiger partial charge in [0, 0.05) is 9.50 Å². The molecular weight excluding hydrogens is 534 g/mol. The minimum absolute atomic E-state index is 0.535. The van der Waals surface area contributed by atoms with Gasteiger partial charge in [-0.25, -0.2) is 0 Å². The summed E-state index contributed by atoms with van der Waals surface area (Å²) in [6, 6.07) is 13.1. The first-order chi connectivity index (χ1) is 12.8. The minimum Gasteiger partial charge on any atom is -0.322 e. The first kappa shape index (κ1) is 24.2. The summed E-state index contributed by atoms with van der Waals surface area (Å²) in [4.78, 5) is 0. The summed E-state index contributed by atoms with van der Waals surface area (Å²) in [5, 5.41) is 0.535. The number of alkyl halides is 3. The lowest BCUT2D eigenvalue weighted by Crippen LogP contribution is -2.51. The summed E-state index contributed by atoms with van der Waals surface area (Å²) in [6.07, 6.45) is 0. The van der Waals surface area contributed by atoms with E-state index in [1.807, 2.05) is 0 Å². The van der Waals surface area contributed by atoms with Crippen molar-refractivity contribution in [1.82, 2.24) is 4.72 Å². The molecule has 154 valence electrons. The molecule has 5 nitrogen and oxygen atoms in total. The van der Waals surface area contributed by atoms with Crippen LogP contribution >= 0.6 is 62.3 Å². The van der Waals surface area contributed by atoms with Gasteiger partial charge in [-0.15, -0.1) is 0 Å². The van der Waals surface area contributed by atoms with Gasteiger partial charge in [-0.3, -0.25) is 4.18 Å². The Morgan fingerprint density at radius 3 is 2.14 bits per heavy atom. The molecule has 0 aliphatic carbocycles. The van der Waals surface area contributed by atoms with Crippen LogP contribution in [0.5, 0.6) is 0 Å². The van der Waals surface area contributed by atoms with E-state index in [1.165, 1.54) is 0 Å². The molecule has 2 aromatic rings. The van der Waals surface area contributed by atoms with Crippen LogP contribution in [-0.2, 0) is 20.0 Å². The molecule has 3 N–H and O–H groups in total. The second-order valence-corrected chi connectivity index (χ2v) is 11.4. The van der Waals surface area contributed by atoms with Gasteiger partial charge in [0.1, 0.15) is 6.61 Å². The van der Waals surface area contributed by atoms with E-state index in [0.29, 0.717) is 16.1 Å². The third-order valence-electron chi connectivity index (χ3n) is 4.01. The standard InChI is InChI=1S/C17H17BrCl4N2O3S/c1-16(12-4-6-13(18)7-5-12,15(23)11-2-8-14(19)9-3-11)24-28(25,26)27-10-17(20,21)22/h2-9,15,24H,10,23H2,1H3. The molecule has 28 heavy (non-hydrogen) atoms. The van der Waals surface area contributed by atoms with Gasteiger partial charge in [0.2, 0.25) is 3.79 Å². The van der Waals surface area contributed by atoms with Crippen molar-refractivity contribution in [3.8, 4) is 0 Å². The highest BCUT2D eigenvalue weighted by Crippen LogP contribution is 2.35. The fourth-order valence-corrected chi connectivity index (χ4v) is 4.44. The summed E-state index contributed by atoms with van der Waals surface area (Å²) >= 11 is 26.1. The monoisotopic (exact) mass is 548 g/mol. The molecule has 0 radical (unpaired) electrons. The normalized spacial score (nSPS) is 15.8. The Balaban J connectivity index is 2.44. The SMILES string of the molecule is CC(NS(=O)(=O)OCC(Cl)(Cl)Cl)(c1ccc(Br)cc1)C(N)c1ccc(Cl)cc1. The third kappa shape index (κ3) is 6.72. The second-order valence-electron chi connectivity index (χ2n) is 6.17. The van der Waals surface area contributed by atoms with E-state index in [2.05, 4.69) is 20.7 Å². The Labute approximate surface area is 192 Å². The Hall–Kier alpha value is -0.0900. The van der Waals surface area contributed by atoms with Crippen molar-refractivity contribution in [2.24, 2.45) is 5.73 Å². The largest absolute Gasteiger partial charge is 0.336 e. The molecule has 0 aromatic heterocycles. The number of hydrogen-bond acceptors (Lipinski definition) is 4. The predicted molar refractivity (Wildman–Crippen MR) is 118 cm³/mol. The summed E-state index contributed by atoms with van der Waals surface area (Å²) < 4.78 is 31.3. The molecule has 0 amide bonds. The van der Waals surface area contributed by atoms with E-state index >= 15 is 0 Å². The molecule has 0 saturated heterocycles. The van der Waals surface area contributed by atoms with Crippen LogP contribution < -0.4 is 10.5 Å². The number of halogens is 5. The number of benzene rings is 2. The van der Waals surface area contributed by atoms with Crippen LogP contribution in [0.25, 0.3) is 0 Å². The van der Waals surface area contributed by atoms with E-state index < -0.39 is 32.3 Å². The van der Waals surface area contributed by atoms with Crippen molar-refractivity contribution in [1.29, 1.82) is 0 Å². The number of nitrogens with one attached hydrogen (secondary N) is 1. The maximum atomic E-state index is 12.5. The molecule has 0 bridgehead atoms. The molecule has 0 fully saturated rings. The van der Waals surface area contributed by atoms with E-state index in [-0.39, 0.29) is 0 Å². The quantitative estimate of drug-likeness (QED) is 0.462. The van der Waals surface area contributed by atoms with Gasteiger partial charge in [0.05, 0.1) is 11.6 Å². The molecule has 0 heterocycles. The van der Waals surface area contributed by atoms with Gasteiger partial charge < -0.3 is 5.73 Å². The molecule has 0 spiro atoms.